The van der Waals surface area contributed by atoms with E-state index in [9.17, 15) is 17.2 Å². The van der Waals surface area contributed by atoms with Crippen molar-refractivity contribution < 1.29 is 27.1 Å². The van der Waals surface area contributed by atoms with Crippen LogP contribution in [-0.4, -0.2) is 62.2 Å². The van der Waals surface area contributed by atoms with Crippen LogP contribution in [0, 0.1) is 11.6 Å². The molecule has 2 heterocycles. The van der Waals surface area contributed by atoms with Crippen molar-refractivity contribution in [2.75, 3.05) is 26.7 Å². The van der Waals surface area contributed by atoms with Crippen LogP contribution in [0.3, 0.4) is 0 Å². The van der Waals surface area contributed by atoms with Crippen LogP contribution in [0.2, 0.25) is 0 Å². The van der Waals surface area contributed by atoms with Crippen LogP contribution < -0.4 is 0 Å². The zero-order valence-electron chi connectivity index (χ0n) is 15.7. The topological polar surface area (TPSA) is 79.2 Å². The molecule has 0 amide bonds. The van der Waals surface area contributed by atoms with Gasteiger partial charge >= 0.3 is 0 Å². The Morgan fingerprint density at radius 3 is 2.28 bits per heavy atom. The van der Waals surface area contributed by atoms with E-state index in [0.29, 0.717) is 18.8 Å². The minimum absolute atomic E-state index is 0.143. The molecule has 2 aromatic rings. The number of benzene rings is 2. The molecule has 0 aliphatic carbocycles. The fourth-order valence-electron chi connectivity index (χ4n) is 3.55. The van der Waals surface area contributed by atoms with Gasteiger partial charge in [0.25, 0.3) is 0 Å². The van der Waals surface area contributed by atoms with Crippen molar-refractivity contribution in [1.82, 2.24) is 4.90 Å². The summed E-state index contributed by atoms with van der Waals surface area (Å²) in [6.07, 6.45) is -0.252. The molecule has 0 unspecified atom stereocenters. The number of hydrogen-bond acceptors (Lipinski definition) is 6. The van der Waals surface area contributed by atoms with Gasteiger partial charge in [0.15, 0.2) is 15.9 Å². The highest BCUT2D eigenvalue weighted by molar-refractivity contribution is 7.92. The number of nitrogens with zero attached hydrogens (tertiary/aromatic N) is 2. The van der Waals surface area contributed by atoms with E-state index in [1.165, 1.54) is 24.3 Å². The molecule has 154 valence electrons. The van der Waals surface area contributed by atoms with E-state index in [-0.39, 0.29) is 34.6 Å². The third-order valence-corrected chi connectivity index (χ3v) is 7.36. The summed E-state index contributed by atoms with van der Waals surface area (Å²) in [4.78, 5) is 7.03. The Balaban J connectivity index is 1.60. The second-order valence-electron chi connectivity index (χ2n) is 7.38. The Morgan fingerprint density at radius 1 is 1.14 bits per heavy atom. The SMILES string of the molecule is CN1CC(S(=O)(=O)c2ccc(-c3c(F)cc(C4=NO[C@@H](CO)C4)cc3F)cc2)C1. The average molecular weight is 422 g/mol. The van der Waals surface area contributed by atoms with Crippen molar-refractivity contribution in [2.24, 2.45) is 5.16 Å². The zero-order valence-corrected chi connectivity index (χ0v) is 16.5. The maximum atomic E-state index is 14.7. The molecule has 9 heteroatoms. The monoisotopic (exact) mass is 422 g/mol. The van der Waals surface area contributed by atoms with E-state index < -0.39 is 32.8 Å². The predicted octanol–water partition coefficient (Wildman–Crippen LogP) is 2.20. The molecule has 0 bridgehead atoms. The van der Waals surface area contributed by atoms with Crippen LogP contribution in [0.25, 0.3) is 11.1 Å². The first-order chi connectivity index (χ1) is 13.8. The van der Waals surface area contributed by atoms with E-state index in [1.807, 2.05) is 11.9 Å². The molecule has 2 aliphatic rings. The van der Waals surface area contributed by atoms with Crippen LogP contribution in [0.5, 0.6) is 0 Å². The Kier molecular flexibility index (Phi) is 5.14. The molecule has 2 aromatic carbocycles. The first-order valence-corrected chi connectivity index (χ1v) is 10.7. The molecular weight excluding hydrogens is 402 g/mol. The van der Waals surface area contributed by atoms with Gasteiger partial charge < -0.3 is 14.8 Å². The van der Waals surface area contributed by atoms with Gasteiger partial charge in [-0.3, -0.25) is 0 Å². The molecule has 0 radical (unpaired) electrons. The molecule has 6 nitrogen and oxygen atoms in total. The molecule has 1 N–H and O–H groups in total. The predicted molar refractivity (Wildman–Crippen MR) is 103 cm³/mol. The number of aliphatic hydroxyl groups excluding tert-OH is 1. The number of aliphatic hydroxyl groups is 1. The van der Waals surface area contributed by atoms with Crippen molar-refractivity contribution in [1.29, 1.82) is 0 Å². The number of halogens is 2. The smallest absolute Gasteiger partial charge is 0.183 e. The highest BCUT2D eigenvalue weighted by Gasteiger charge is 2.36. The number of oxime groups is 1. The summed E-state index contributed by atoms with van der Waals surface area (Å²) in [6.45, 7) is 0.710. The third kappa shape index (κ3) is 3.65. The minimum Gasteiger partial charge on any atom is -0.392 e. The van der Waals surface area contributed by atoms with Gasteiger partial charge in [-0.15, -0.1) is 0 Å². The molecule has 4 rings (SSSR count). The fraction of sp³-hybridized carbons (Fsp3) is 0.350. The first kappa shape index (κ1) is 19.9. The van der Waals surface area contributed by atoms with Gasteiger partial charge in [0, 0.05) is 25.1 Å². The number of likely N-dealkylation sites (tertiary alicyclic amines) is 1. The maximum absolute atomic E-state index is 14.7. The van der Waals surface area contributed by atoms with Crippen molar-refractivity contribution in [3.05, 3.63) is 53.6 Å². The van der Waals surface area contributed by atoms with Gasteiger partial charge in [-0.1, -0.05) is 17.3 Å². The molecule has 2 aliphatic heterocycles. The summed E-state index contributed by atoms with van der Waals surface area (Å²) in [5, 5.41) is 12.4. The summed E-state index contributed by atoms with van der Waals surface area (Å²) < 4.78 is 54.5. The van der Waals surface area contributed by atoms with Gasteiger partial charge in [-0.05, 0) is 36.9 Å². The summed E-state index contributed by atoms with van der Waals surface area (Å²) in [6, 6.07) is 7.92. The van der Waals surface area contributed by atoms with Crippen LogP contribution in [0.4, 0.5) is 8.78 Å². The normalized spacial score (nSPS) is 20.3. The second kappa shape index (κ2) is 7.47. The van der Waals surface area contributed by atoms with Crippen LogP contribution in [0.15, 0.2) is 46.4 Å². The Morgan fingerprint density at radius 2 is 1.76 bits per heavy atom. The van der Waals surface area contributed by atoms with Gasteiger partial charge in [-0.25, -0.2) is 17.2 Å². The largest absolute Gasteiger partial charge is 0.392 e. The Bertz CT molecular complexity index is 1040. The lowest BCUT2D eigenvalue weighted by Crippen LogP contribution is -2.52. The van der Waals surface area contributed by atoms with E-state index in [1.54, 1.807) is 0 Å². The average Bonchev–Trinajstić information content (AvgIpc) is 3.14. The van der Waals surface area contributed by atoms with E-state index in [0.717, 1.165) is 12.1 Å². The first-order valence-electron chi connectivity index (χ1n) is 9.15. The van der Waals surface area contributed by atoms with Crippen molar-refractivity contribution in [3.63, 3.8) is 0 Å². The van der Waals surface area contributed by atoms with Crippen molar-refractivity contribution in [3.8, 4) is 11.1 Å². The van der Waals surface area contributed by atoms with E-state index in [2.05, 4.69) is 5.16 Å². The molecule has 29 heavy (non-hydrogen) atoms. The van der Waals surface area contributed by atoms with Gasteiger partial charge in [0.1, 0.15) is 11.6 Å². The third-order valence-electron chi connectivity index (χ3n) is 5.25. The second-order valence-corrected chi connectivity index (χ2v) is 9.61. The van der Waals surface area contributed by atoms with Gasteiger partial charge in [0.05, 0.1) is 28.0 Å². The molecule has 0 spiro atoms. The summed E-state index contributed by atoms with van der Waals surface area (Å²) >= 11 is 0. The number of rotatable bonds is 5. The standard InChI is InChI=1S/C20H20F2N2O4S/c1-24-9-16(10-24)29(26,27)15-4-2-12(3-5-15)20-17(21)6-13(7-18(20)22)19-8-14(11-25)28-23-19/h2-7,14,16,25H,8-11H2,1H3/t14-/m1/s1. The fourth-order valence-corrected chi connectivity index (χ4v) is 5.36. The Labute approximate surface area is 167 Å². The van der Waals surface area contributed by atoms with Gasteiger partial charge in [0.2, 0.25) is 0 Å². The molecule has 0 saturated carbocycles. The molecule has 1 saturated heterocycles. The number of sulfone groups is 1. The molecule has 0 aromatic heterocycles. The van der Waals surface area contributed by atoms with Crippen LogP contribution >= 0.6 is 0 Å². The van der Waals surface area contributed by atoms with E-state index >= 15 is 0 Å². The maximum Gasteiger partial charge on any atom is 0.183 e. The summed E-state index contributed by atoms with van der Waals surface area (Å²) in [5.74, 6) is -1.57. The zero-order chi connectivity index (χ0) is 20.8. The van der Waals surface area contributed by atoms with E-state index in [4.69, 9.17) is 9.94 Å². The highest BCUT2D eigenvalue weighted by atomic mass is 32.2. The van der Waals surface area contributed by atoms with Crippen LogP contribution in [0.1, 0.15) is 12.0 Å². The lowest BCUT2D eigenvalue weighted by molar-refractivity contribution is 0.0390. The summed E-state index contributed by atoms with van der Waals surface area (Å²) in [7, 11) is -1.61. The lowest BCUT2D eigenvalue weighted by atomic mass is 9.99. The Hall–Kier alpha value is -2.36. The van der Waals surface area contributed by atoms with Gasteiger partial charge in [-0.2, -0.15) is 0 Å². The van der Waals surface area contributed by atoms with Crippen molar-refractivity contribution >= 4 is 15.5 Å². The minimum atomic E-state index is -3.46. The lowest BCUT2D eigenvalue weighted by Gasteiger charge is -2.35. The van der Waals surface area contributed by atoms with Crippen molar-refractivity contribution in [2.45, 2.75) is 22.7 Å². The summed E-state index contributed by atoms with van der Waals surface area (Å²) in [5.41, 5.74) is 0.613. The molecular formula is C20H20F2N2O4S. The number of hydrogen-bond donors (Lipinski definition) is 1. The molecule has 1 atom stereocenters. The quantitative estimate of drug-likeness (QED) is 0.799. The highest BCUT2D eigenvalue weighted by Crippen LogP contribution is 2.31. The molecule has 1 fully saturated rings. The van der Waals surface area contributed by atoms with Crippen LogP contribution in [-0.2, 0) is 14.7 Å².